The minimum Gasteiger partial charge on any atom is -0.486 e. The van der Waals surface area contributed by atoms with Crippen LogP contribution in [0.25, 0.3) is 0 Å². The Morgan fingerprint density at radius 3 is 2.79 bits per heavy atom. The Kier molecular flexibility index (Phi) is 5.80. The van der Waals surface area contributed by atoms with Crippen molar-refractivity contribution < 1.29 is 14.3 Å². The van der Waals surface area contributed by atoms with E-state index >= 15 is 0 Å². The Labute approximate surface area is 173 Å². The minimum atomic E-state index is -0.100. The van der Waals surface area contributed by atoms with Crippen LogP contribution in [0.3, 0.4) is 0 Å². The van der Waals surface area contributed by atoms with Crippen LogP contribution in [0, 0.1) is 0 Å². The van der Waals surface area contributed by atoms with E-state index in [1.54, 1.807) is 16.7 Å². The lowest BCUT2D eigenvalue weighted by atomic mass is 10.1. The van der Waals surface area contributed by atoms with Gasteiger partial charge in [0.05, 0.1) is 6.42 Å². The van der Waals surface area contributed by atoms with E-state index in [-0.39, 0.29) is 24.1 Å². The molecule has 2 aliphatic rings. The van der Waals surface area contributed by atoms with E-state index in [0.29, 0.717) is 61.2 Å². The highest BCUT2D eigenvalue weighted by molar-refractivity contribution is 6.31. The number of ether oxygens (including phenoxy) is 2. The Morgan fingerprint density at radius 1 is 1.28 bits per heavy atom. The second-order valence-electron chi connectivity index (χ2n) is 7.43. The maximum Gasteiger partial charge on any atom is 0.345 e. The summed E-state index contributed by atoms with van der Waals surface area (Å²) < 4.78 is 14.4. The van der Waals surface area contributed by atoms with Crippen LogP contribution >= 0.6 is 11.6 Å². The van der Waals surface area contributed by atoms with Gasteiger partial charge in [0.25, 0.3) is 0 Å². The highest BCUT2D eigenvalue weighted by Gasteiger charge is 2.23. The summed E-state index contributed by atoms with van der Waals surface area (Å²) in [6.07, 6.45) is 3.16. The van der Waals surface area contributed by atoms with Crippen molar-refractivity contribution in [1.29, 1.82) is 0 Å². The maximum absolute atomic E-state index is 12.6. The first-order chi connectivity index (χ1) is 14.0. The molecule has 1 unspecified atom stereocenters. The molecule has 1 aromatic heterocycles. The summed E-state index contributed by atoms with van der Waals surface area (Å²) in [6, 6.07) is 3.47. The van der Waals surface area contributed by atoms with Crippen molar-refractivity contribution in [2.75, 3.05) is 13.2 Å². The third kappa shape index (κ3) is 4.27. The van der Waals surface area contributed by atoms with Crippen LogP contribution in [0.2, 0.25) is 5.02 Å². The highest BCUT2D eigenvalue weighted by atomic mass is 35.5. The second kappa shape index (κ2) is 8.49. The molecule has 1 atom stereocenters. The smallest absolute Gasteiger partial charge is 0.345 e. The van der Waals surface area contributed by atoms with Crippen molar-refractivity contribution in [2.24, 2.45) is 0 Å². The van der Waals surface area contributed by atoms with E-state index in [2.05, 4.69) is 10.4 Å². The average Bonchev–Trinajstić information content (AvgIpc) is 2.86. The average molecular weight is 421 g/mol. The molecular formula is C20H25ClN4O4. The number of carbonyl (C=O) groups is 1. The van der Waals surface area contributed by atoms with Gasteiger partial charge in [0.1, 0.15) is 19.0 Å². The standard InChI is InChI=1S/C20H25ClN4O4/c1-2-6-25-20(27)24-7-5-14(3-4-18(24)23-25)22-19(26)11-13-10-16-17(12-15(13)21)29-9-8-28-16/h10,12,14H,2-9,11H2,1H3,(H,22,26). The Morgan fingerprint density at radius 2 is 2.03 bits per heavy atom. The van der Waals surface area contributed by atoms with Gasteiger partial charge in [-0.25, -0.2) is 9.48 Å². The zero-order chi connectivity index (χ0) is 20.4. The van der Waals surface area contributed by atoms with Gasteiger partial charge in [-0.1, -0.05) is 18.5 Å². The summed E-state index contributed by atoms with van der Waals surface area (Å²) in [6.45, 7) is 4.20. The molecular weight excluding hydrogens is 396 g/mol. The molecule has 0 bridgehead atoms. The number of hydrogen-bond acceptors (Lipinski definition) is 5. The molecule has 0 saturated carbocycles. The number of amides is 1. The molecule has 8 nitrogen and oxygen atoms in total. The number of nitrogens with zero attached hydrogens (tertiary/aromatic N) is 3. The quantitative estimate of drug-likeness (QED) is 0.798. The number of aryl methyl sites for hydroxylation is 2. The molecule has 29 heavy (non-hydrogen) atoms. The van der Waals surface area contributed by atoms with Gasteiger partial charge in [0, 0.05) is 36.6 Å². The van der Waals surface area contributed by atoms with Crippen molar-refractivity contribution in [3.05, 3.63) is 39.0 Å². The van der Waals surface area contributed by atoms with Crippen LogP contribution in [0.4, 0.5) is 0 Å². The normalized spacial score (nSPS) is 18.1. The van der Waals surface area contributed by atoms with Gasteiger partial charge < -0.3 is 14.8 Å². The molecule has 0 spiro atoms. The molecule has 1 aromatic carbocycles. The maximum atomic E-state index is 12.6. The summed E-state index contributed by atoms with van der Waals surface area (Å²) in [5.41, 5.74) is 0.648. The third-order valence-electron chi connectivity index (χ3n) is 5.28. The summed E-state index contributed by atoms with van der Waals surface area (Å²) in [5, 5.41) is 8.01. The number of hydrogen-bond donors (Lipinski definition) is 1. The fraction of sp³-hybridized carbons (Fsp3) is 0.550. The lowest BCUT2D eigenvalue weighted by Gasteiger charge is -2.20. The van der Waals surface area contributed by atoms with Crippen molar-refractivity contribution in [3.63, 3.8) is 0 Å². The number of halogens is 1. The number of benzene rings is 1. The Bertz CT molecular complexity index is 968. The van der Waals surface area contributed by atoms with Gasteiger partial charge in [-0.2, -0.15) is 5.10 Å². The van der Waals surface area contributed by atoms with Crippen molar-refractivity contribution in [2.45, 2.75) is 58.2 Å². The first-order valence-electron chi connectivity index (χ1n) is 10.1. The summed E-state index contributed by atoms with van der Waals surface area (Å²) in [5.74, 6) is 1.93. The zero-order valence-corrected chi connectivity index (χ0v) is 17.2. The minimum absolute atomic E-state index is 0.000730. The van der Waals surface area contributed by atoms with Gasteiger partial charge in [0.2, 0.25) is 5.91 Å². The molecule has 2 aliphatic heterocycles. The SMILES string of the molecule is CCCn1nc2n(c1=O)CCC(NC(=O)Cc1cc3c(cc1Cl)OCCO3)CC2. The number of rotatable bonds is 5. The number of nitrogens with one attached hydrogen (secondary N) is 1. The lowest BCUT2D eigenvalue weighted by molar-refractivity contribution is -0.121. The molecule has 0 fully saturated rings. The Balaban J connectivity index is 1.38. The van der Waals surface area contributed by atoms with Crippen LogP contribution in [-0.4, -0.2) is 39.5 Å². The van der Waals surface area contributed by atoms with E-state index in [1.807, 2.05) is 6.92 Å². The number of fused-ring (bicyclic) bond motifs is 2. The fourth-order valence-corrected chi connectivity index (χ4v) is 4.04. The van der Waals surface area contributed by atoms with E-state index < -0.39 is 0 Å². The summed E-state index contributed by atoms with van der Waals surface area (Å²) >= 11 is 6.31. The molecule has 1 amide bonds. The molecule has 0 aliphatic carbocycles. The topological polar surface area (TPSA) is 87.4 Å². The molecule has 9 heteroatoms. The highest BCUT2D eigenvalue weighted by Crippen LogP contribution is 2.35. The van der Waals surface area contributed by atoms with E-state index in [1.165, 1.54) is 4.68 Å². The molecule has 0 radical (unpaired) electrons. The van der Waals surface area contributed by atoms with Gasteiger partial charge in [0.15, 0.2) is 11.5 Å². The van der Waals surface area contributed by atoms with Gasteiger partial charge in [-0.15, -0.1) is 0 Å². The van der Waals surface area contributed by atoms with E-state index in [9.17, 15) is 9.59 Å². The third-order valence-corrected chi connectivity index (χ3v) is 5.63. The zero-order valence-electron chi connectivity index (χ0n) is 16.4. The monoisotopic (exact) mass is 420 g/mol. The largest absolute Gasteiger partial charge is 0.486 e. The number of aromatic nitrogens is 3. The van der Waals surface area contributed by atoms with Crippen LogP contribution in [0.1, 0.15) is 37.6 Å². The first kappa shape index (κ1) is 19.8. The van der Waals surface area contributed by atoms with Gasteiger partial charge in [-0.05, 0) is 30.9 Å². The first-order valence-corrected chi connectivity index (χ1v) is 10.5. The van der Waals surface area contributed by atoms with Gasteiger partial charge >= 0.3 is 5.69 Å². The lowest BCUT2D eigenvalue weighted by Crippen LogP contribution is -2.36. The van der Waals surface area contributed by atoms with Crippen LogP contribution in [0.15, 0.2) is 16.9 Å². The predicted octanol–water partition coefficient (Wildman–Crippen LogP) is 1.94. The fourth-order valence-electron chi connectivity index (χ4n) is 3.82. The van der Waals surface area contributed by atoms with Crippen LogP contribution in [-0.2, 0) is 30.7 Å². The molecule has 1 N–H and O–H groups in total. The Hall–Kier alpha value is -2.48. The molecule has 2 aromatic rings. The van der Waals surface area contributed by atoms with E-state index in [4.69, 9.17) is 21.1 Å². The van der Waals surface area contributed by atoms with Crippen molar-refractivity contribution in [3.8, 4) is 11.5 Å². The van der Waals surface area contributed by atoms with Gasteiger partial charge in [-0.3, -0.25) is 9.36 Å². The van der Waals surface area contributed by atoms with E-state index in [0.717, 1.165) is 18.7 Å². The van der Waals surface area contributed by atoms with Crippen LogP contribution in [0.5, 0.6) is 11.5 Å². The summed E-state index contributed by atoms with van der Waals surface area (Å²) in [7, 11) is 0. The summed E-state index contributed by atoms with van der Waals surface area (Å²) in [4.78, 5) is 25.0. The molecule has 3 heterocycles. The van der Waals surface area contributed by atoms with Crippen molar-refractivity contribution >= 4 is 17.5 Å². The molecule has 4 rings (SSSR count). The van der Waals surface area contributed by atoms with Crippen LogP contribution < -0.4 is 20.5 Å². The second-order valence-corrected chi connectivity index (χ2v) is 7.84. The number of carbonyl (C=O) groups excluding carboxylic acids is 1. The molecule has 0 saturated heterocycles. The predicted molar refractivity (Wildman–Crippen MR) is 108 cm³/mol. The molecule has 156 valence electrons. The van der Waals surface area contributed by atoms with Crippen molar-refractivity contribution in [1.82, 2.24) is 19.7 Å².